The lowest BCUT2D eigenvalue weighted by molar-refractivity contribution is -0.120. The predicted molar refractivity (Wildman–Crippen MR) is 119 cm³/mol. The number of amides is 1. The van der Waals surface area contributed by atoms with E-state index in [1.165, 1.54) is 4.31 Å². The van der Waals surface area contributed by atoms with Crippen LogP contribution in [0.3, 0.4) is 0 Å². The maximum Gasteiger partial charge on any atom is 0.265 e. The molecule has 0 radical (unpaired) electrons. The van der Waals surface area contributed by atoms with Crippen molar-refractivity contribution in [2.75, 3.05) is 10.8 Å². The number of sulfonamides is 1. The molecule has 1 amide bonds. The molecular formula is C24H24N2O3S. The van der Waals surface area contributed by atoms with Crippen LogP contribution in [0.4, 0.5) is 5.69 Å². The van der Waals surface area contributed by atoms with Crippen LogP contribution in [0, 0.1) is 0 Å². The van der Waals surface area contributed by atoms with Crippen LogP contribution in [0.15, 0.2) is 77.7 Å². The van der Waals surface area contributed by atoms with Crippen molar-refractivity contribution in [2.45, 2.75) is 31.2 Å². The number of hydrogen-bond donors (Lipinski definition) is 1. The Hall–Kier alpha value is -3.12. The fourth-order valence-electron chi connectivity index (χ4n) is 3.81. The molecule has 0 aromatic heterocycles. The third-order valence-corrected chi connectivity index (χ3v) is 7.27. The van der Waals surface area contributed by atoms with Crippen LogP contribution in [-0.4, -0.2) is 20.9 Å². The van der Waals surface area contributed by atoms with Crippen LogP contribution in [0.2, 0.25) is 0 Å². The first-order valence-electron chi connectivity index (χ1n) is 10.0. The zero-order chi connectivity index (χ0) is 21.3. The number of anilines is 1. The Kier molecular flexibility index (Phi) is 5.35. The van der Waals surface area contributed by atoms with E-state index in [1.807, 2.05) is 61.5 Å². The van der Waals surface area contributed by atoms with E-state index in [9.17, 15) is 13.2 Å². The van der Waals surface area contributed by atoms with Gasteiger partial charge in [0.25, 0.3) is 10.0 Å². The van der Waals surface area contributed by atoms with Crippen molar-refractivity contribution < 1.29 is 13.2 Å². The maximum atomic E-state index is 13.4. The number of fused-ring (bicyclic) bond motifs is 3. The maximum absolute atomic E-state index is 13.4. The van der Waals surface area contributed by atoms with Gasteiger partial charge in [0.15, 0.2) is 0 Å². The highest BCUT2D eigenvalue weighted by atomic mass is 32.2. The Labute approximate surface area is 177 Å². The number of nitrogens with one attached hydrogen (secondary N) is 1. The summed E-state index contributed by atoms with van der Waals surface area (Å²) >= 11 is 0. The molecule has 0 saturated heterocycles. The minimum Gasteiger partial charge on any atom is -0.348 e. The summed E-state index contributed by atoms with van der Waals surface area (Å²) in [6.07, 6.45) is 0.845. The number of rotatable bonds is 5. The second-order valence-electron chi connectivity index (χ2n) is 7.41. The SMILES string of the molecule is CCc1ccc2c(c1)-c1ccccc1S(=O)(=O)N2CC(=O)NC(C)c1ccccc1. The number of hydrogen-bond acceptors (Lipinski definition) is 3. The van der Waals surface area contributed by atoms with Gasteiger partial charge in [-0.15, -0.1) is 0 Å². The number of carbonyl (C=O) groups excluding carboxylic acids is 1. The van der Waals surface area contributed by atoms with Gasteiger partial charge in [0, 0.05) is 11.1 Å². The second-order valence-corrected chi connectivity index (χ2v) is 9.24. The van der Waals surface area contributed by atoms with Crippen LogP contribution in [-0.2, 0) is 21.2 Å². The lowest BCUT2D eigenvalue weighted by Crippen LogP contribution is -2.43. The Balaban J connectivity index is 1.69. The molecule has 3 aromatic carbocycles. The third kappa shape index (κ3) is 3.59. The third-order valence-electron chi connectivity index (χ3n) is 5.45. The second kappa shape index (κ2) is 7.95. The van der Waals surface area contributed by atoms with Crippen molar-refractivity contribution in [3.8, 4) is 11.1 Å². The summed E-state index contributed by atoms with van der Waals surface area (Å²) in [4.78, 5) is 13.0. The zero-order valence-corrected chi connectivity index (χ0v) is 17.8. The highest BCUT2D eigenvalue weighted by Gasteiger charge is 2.36. The summed E-state index contributed by atoms with van der Waals surface area (Å²) in [6, 6.07) is 22.1. The van der Waals surface area contributed by atoms with Crippen LogP contribution in [0.5, 0.6) is 0 Å². The molecule has 0 saturated carbocycles. The molecule has 1 aliphatic rings. The van der Waals surface area contributed by atoms with Gasteiger partial charge >= 0.3 is 0 Å². The van der Waals surface area contributed by atoms with Gasteiger partial charge in [0.05, 0.1) is 16.6 Å². The van der Waals surface area contributed by atoms with E-state index in [4.69, 9.17) is 0 Å². The van der Waals surface area contributed by atoms with Crippen LogP contribution in [0.1, 0.15) is 31.0 Å². The Bertz CT molecular complexity index is 1190. The Morgan fingerprint density at radius 1 is 0.967 bits per heavy atom. The average Bonchev–Trinajstić information content (AvgIpc) is 2.77. The predicted octanol–water partition coefficient (Wildman–Crippen LogP) is 4.30. The molecule has 1 atom stereocenters. The van der Waals surface area contributed by atoms with Gasteiger partial charge in [-0.1, -0.05) is 61.5 Å². The highest BCUT2D eigenvalue weighted by molar-refractivity contribution is 7.93. The Morgan fingerprint density at radius 2 is 1.67 bits per heavy atom. The molecule has 1 heterocycles. The van der Waals surface area contributed by atoms with Gasteiger partial charge in [-0.25, -0.2) is 8.42 Å². The zero-order valence-electron chi connectivity index (χ0n) is 17.0. The molecule has 1 unspecified atom stereocenters. The monoisotopic (exact) mass is 420 g/mol. The molecule has 0 bridgehead atoms. The van der Waals surface area contributed by atoms with E-state index < -0.39 is 10.0 Å². The van der Waals surface area contributed by atoms with E-state index in [-0.39, 0.29) is 23.4 Å². The highest BCUT2D eigenvalue weighted by Crippen LogP contribution is 2.43. The molecule has 0 spiro atoms. The van der Waals surface area contributed by atoms with Crippen LogP contribution in [0.25, 0.3) is 11.1 Å². The summed E-state index contributed by atoms with van der Waals surface area (Å²) in [6.45, 7) is 3.67. The summed E-state index contributed by atoms with van der Waals surface area (Å²) < 4.78 is 27.9. The first kappa shape index (κ1) is 20.2. The molecule has 3 aromatic rings. The quantitative estimate of drug-likeness (QED) is 0.669. The van der Waals surface area contributed by atoms with E-state index in [0.717, 1.165) is 23.1 Å². The average molecular weight is 421 g/mol. The van der Waals surface area contributed by atoms with Gasteiger partial charge < -0.3 is 5.32 Å². The molecule has 30 heavy (non-hydrogen) atoms. The first-order valence-corrected chi connectivity index (χ1v) is 11.4. The van der Waals surface area contributed by atoms with E-state index in [2.05, 4.69) is 12.2 Å². The number of benzene rings is 3. The molecule has 0 fully saturated rings. The molecule has 1 aliphatic heterocycles. The lowest BCUT2D eigenvalue weighted by Gasteiger charge is -2.32. The molecule has 6 heteroatoms. The van der Waals surface area contributed by atoms with Gasteiger partial charge in [-0.05, 0) is 42.7 Å². The number of nitrogens with zero attached hydrogens (tertiary/aromatic N) is 1. The standard InChI is InChI=1S/C24H24N2O3S/c1-3-18-13-14-22-21(15-18)20-11-7-8-12-23(20)30(28,29)26(22)16-24(27)25-17(2)19-9-5-4-6-10-19/h4-15,17H,3,16H2,1-2H3,(H,25,27). The molecule has 1 N–H and O–H groups in total. The molecular weight excluding hydrogens is 396 g/mol. The Morgan fingerprint density at radius 3 is 2.40 bits per heavy atom. The normalized spacial score (nSPS) is 15.1. The fraction of sp³-hybridized carbons (Fsp3) is 0.208. The van der Waals surface area contributed by atoms with E-state index >= 15 is 0 Å². The van der Waals surface area contributed by atoms with Crippen LogP contribution >= 0.6 is 0 Å². The van der Waals surface area contributed by atoms with Crippen molar-refractivity contribution in [2.24, 2.45) is 0 Å². The summed E-state index contributed by atoms with van der Waals surface area (Å²) in [5.74, 6) is -0.347. The van der Waals surface area contributed by atoms with Crippen LogP contribution < -0.4 is 9.62 Å². The van der Waals surface area contributed by atoms with E-state index in [1.54, 1.807) is 18.2 Å². The van der Waals surface area contributed by atoms with Crippen molar-refractivity contribution in [3.05, 3.63) is 83.9 Å². The minimum atomic E-state index is -3.84. The summed E-state index contributed by atoms with van der Waals surface area (Å²) in [7, 11) is -3.84. The van der Waals surface area contributed by atoms with Crippen molar-refractivity contribution >= 4 is 21.6 Å². The van der Waals surface area contributed by atoms with Gasteiger partial charge in [0.1, 0.15) is 6.54 Å². The number of aryl methyl sites for hydroxylation is 1. The largest absolute Gasteiger partial charge is 0.348 e. The van der Waals surface area contributed by atoms with E-state index in [0.29, 0.717) is 11.3 Å². The smallest absolute Gasteiger partial charge is 0.265 e. The van der Waals surface area contributed by atoms with Gasteiger partial charge in [-0.2, -0.15) is 0 Å². The van der Waals surface area contributed by atoms with Crippen molar-refractivity contribution in [1.82, 2.24) is 5.32 Å². The molecule has 154 valence electrons. The number of carbonyl (C=O) groups is 1. The summed E-state index contributed by atoms with van der Waals surface area (Å²) in [5, 5.41) is 2.91. The van der Waals surface area contributed by atoms with Gasteiger partial charge in [0.2, 0.25) is 5.91 Å². The van der Waals surface area contributed by atoms with Crippen molar-refractivity contribution in [1.29, 1.82) is 0 Å². The lowest BCUT2D eigenvalue weighted by atomic mass is 9.99. The molecule has 0 aliphatic carbocycles. The fourth-order valence-corrected chi connectivity index (χ4v) is 5.46. The molecule has 5 nitrogen and oxygen atoms in total. The topological polar surface area (TPSA) is 66.5 Å². The minimum absolute atomic E-state index is 0.222. The van der Waals surface area contributed by atoms with Crippen molar-refractivity contribution in [3.63, 3.8) is 0 Å². The van der Waals surface area contributed by atoms with Gasteiger partial charge in [-0.3, -0.25) is 9.10 Å². The summed E-state index contributed by atoms with van der Waals surface area (Å²) in [5.41, 5.74) is 4.13. The first-order chi connectivity index (χ1) is 14.4. The molecule has 4 rings (SSSR count).